The minimum Gasteiger partial charge on any atom is -0.396 e. The minimum atomic E-state index is -0.0715. The third-order valence-corrected chi connectivity index (χ3v) is 3.40. The molecule has 4 heteroatoms. The summed E-state index contributed by atoms with van der Waals surface area (Å²) in [6.07, 6.45) is 7.45. The second-order valence-electron chi connectivity index (χ2n) is 4.54. The van der Waals surface area contributed by atoms with Crippen LogP contribution in [0.3, 0.4) is 0 Å². The van der Waals surface area contributed by atoms with Gasteiger partial charge in [-0.25, -0.2) is 0 Å². The van der Waals surface area contributed by atoms with Crippen molar-refractivity contribution in [2.75, 3.05) is 6.61 Å². The molecule has 1 saturated carbocycles. The van der Waals surface area contributed by atoms with Crippen LogP contribution in [-0.2, 0) is 0 Å². The van der Waals surface area contributed by atoms with Crippen LogP contribution in [0.1, 0.15) is 36.0 Å². The van der Waals surface area contributed by atoms with Crippen molar-refractivity contribution in [1.29, 1.82) is 0 Å². The first-order valence-electron chi connectivity index (χ1n) is 6.13. The van der Waals surface area contributed by atoms with Gasteiger partial charge in [0.05, 0.1) is 0 Å². The van der Waals surface area contributed by atoms with Crippen molar-refractivity contribution in [2.45, 2.75) is 31.7 Å². The average molecular weight is 234 g/mol. The van der Waals surface area contributed by atoms with E-state index in [1.165, 1.54) is 0 Å². The number of carbonyl (C=O) groups is 1. The number of pyridine rings is 1. The van der Waals surface area contributed by atoms with E-state index in [0.29, 0.717) is 5.56 Å². The van der Waals surface area contributed by atoms with Gasteiger partial charge in [0.25, 0.3) is 5.91 Å². The number of carbonyl (C=O) groups excluding carboxylic acids is 1. The van der Waals surface area contributed by atoms with E-state index in [2.05, 4.69) is 10.3 Å². The lowest BCUT2D eigenvalue weighted by Crippen LogP contribution is -2.43. The molecule has 0 radical (unpaired) electrons. The summed E-state index contributed by atoms with van der Waals surface area (Å²) in [4.78, 5) is 15.8. The Balaban J connectivity index is 1.98. The van der Waals surface area contributed by atoms with Crippen LogP contribution in [0.25, 0.3) is 0 Å². The summed E-state index contributed by atoms with van der Waals surface area (Å²) in [5, 5.41) is 12.3. The SMILES string of the molecule is O=C(NC1CCCCC1CO)c1ccncc1. The second-order valence-corrected chi connectivity index (χ2v) is 4.54. The molecule has 1 heterocycles. The summed E-state index contributed by atoms with van der Waals surface area (Å²) < 4.78 is 0. The molecule has 2 atom stereocenters. The predicted molar refractivity (Wildman–Crippen MR) is 64.5 cm³/mol. The smallest absolute Gasteiger partial charge is 0.251 e. The standard InChI is InChI=1S/C13H18N2O2/c16-9-11-3-1-2-4-12(11)15-13(17)10-5-7-14-8-6-10/h5-8,11-12,16H,1-4,9H2,(H,15,17). The van der Waals surface area contributed by atoms with Gasteiger partial charge < -0.3 is 10.4 Å². The maximum absolute atomic E-state index is 12.0. The zero-order valence-electron chi connectivity index (χ0n) is 9.80. The number of hydrogen-bond acceptors (Lipinski definition) is 3. The molecule has 2 rings (SSSR count). The topological polar surface area (TPSA) is 62.2 Å². The first kappa shape index (κ1) is 12.0. The molecular formula is C13H18N2O2. The van der Waals surface area contributed by atoms with Crippen molar-refractivity contribution >= 4 is 5.91 Å². The van der Waals surface area contributed by atoms with E-state index in [9.17, 15) is 9.90 Å². The maximum Gasteiger partial charge on any atom is 0.251 e. The van der Waals surface area contributed by atoms with Crippen LogP contribution < -0.4 is 5.32 Å². The van der Waals surface area contributed by atoms with Gasteiger partial charge in [-0.15, -0.1) is 0 Å². The van der Waals surface area contributed by atoms with Gasteiger partial charge in [-0.3, -0.25) is 9.78 Å². The highest BCUT2D eigenvalue weighted by Gasteiger charge is 2.25. The van der Waals surface area contributed by atoms with Crippen LogP contribution in [0.2, 0.25) is 0 Å². The molecule has 92 valence electrons. The van der Waals surface area contributed by atoms with Crippen LogP contribution >= 0.6 is 0 Å². The highest BCUT2D eigenvalue weighted by molar-refractivity contribution is 5.94. The molecule has 2 unspecified atom stereocenters. The number of aliphatic hydroxyl groups excluding tert-OH is 1. The molecule has 1 aromatic rings. The number of nitrogens with one attached hydrogen (secondary N) is 1. The Morgan fingerprint density at radius 1 is 1.35 bits per heavy atom. The Morgan fingerprint density at radius 2 is 2.06 bits per heavy atom. The molecule has 1 fully saturated rings. The first-order chi connectivity index (χ1) is 8.31. The highest BCUT2D eigenvalue weighted by atomic mass is 16.3. The molecule has 4 nitrogen and oxygen atoms in total. The van der Waals surface area contributed by atoms with E-state index in [1.54, 1.807) is 24.5 Å². The molecule has 1 aliphatic rings. The number of rotatable bonds is 3. The molecule has 17 heavy (non-hydrogen) atoms. The number of amides is 1. The van der Waals surface area contributed by atoms with Gasteiger partial charge in [-0.2, -0.15) is 0 Å². The third-order valence-electron chi connectivity index (χ3n) is 3.40. The Hall–Kier alpha value is -1.42. The molecule has 0 bridgehead atoms. The lowest BCUT2D eigenvalue weighted by Gasteiger charge is -2.30. The lowest BCUT2D eigenvalue weighted by molar-refractivity contribution is 0.0872. The van der Waals surface area contributed by atoms with Gasteiger partial charge in [0, 0.05) is 36.5 Å². The van der Waals surface area contributed by atoms with E-state index in [0.717, 1.165) is 25.7 Å². The summed E-state index contributed by atoms with van der Waals surface area (Å²) in [6.45, 7) is 0.154. The molecule has 0 saturated heterocycles. The van der Waals surface area contributed by atoms with E-state index < -0.39 is 0 Å². The van der Waals surface area contributed by atoms with Gasteiger partial charge >= 0.3 is 0 Å². The van der Waals surface area contributed by atoms with Crippen LogP contribution in [0.5, 0.6) is 0 Å². The molecule has 0 aromatic carbocycles. The maximum atomic E-state index is 12.0. The predicted octanol–water partition coefficient (Wildman–Crippen LogP) is 1.36. The summed E-state index contributed by atoms with van der Waals surface area (Å²) in [7, 11) is 0. The van der Waals surface area contributed by atoms with Crippen molar-refractivity contribution in [1.82, 2.24) is 10.3 Å². The first-order valence-corrected chi connectivity index (χ1v) is 6.13. The third kappa shape index (κ3) is 3.03. The number of hydrogen-bond donors (Lipinski definition) is 2. The van der Waals surface area contributed by atoms with Crippen LogP contribution in [0.4, 0.5) is 0 Å². The number of nitrogens with zero attached hydrogens (tertiary/aromatic N) is 1. The fourth-order valence-electron chi connectivity index (χ4n) is 2.37. The van der Waals surface area contributed by atoms with E-state index in [-0.39, 0.29) is 24.5 Å². The highest BCUT2D eigenvalue weighted by Crippen LogP contribution is 2.24. The van der Waals surface area contributed by atoms with Crippen molar-refractivity contribution < 1.29 is 9.90 Å². The van der Waals surface area contributed by atoms with Gasteiger partial charge in [0.2, 0.25) is 0 Å². The van der Waals surface area contributed by atoms with Crippen molar-refractivity contribution in [2.24, 2.45) is 5.92 Å². The Morgan fingerprint density at radius 3 is 2.76 bits per heavy atom. The fraction of sp³-hybridized carbons (Fsp3) is 0.538. The van der Waals surface area contributed by atoms with Crippen LogP contribution in [-0.4, -0.2) is 28.6 Å². The summed E-state index contributed by atoms with van der Waals surface area (Å²) >= 11 is 0. The molecule has 1 aromatic heterocycles. The Kier molecular flexibility index (Phi) is 4.09. The second kappa shape index (κ2) is 5.77. The lowest BCUT2D eigenvalue weighted by atomic mass is 9.85. The van der Waals surface area contributed by atoms with Crippen molar-refractivity contribution in [3.05, 3.63) is 30.1 Å². The molecule has 2 N–H and O–H groups in total. The van der Waals surface area contributed by atoms with Crippen LogP contribution in [0, 0.1) is 5.92 Å². The number of aromatic nitrogens is 1. The summed E-state index contributed by atoms with van der Waals surface area (Å²) in [5.41, 5.74) is 0.627. The fourth-order valence-corrected chi connectivity index (χ4v) is 2.37. The van der Waals surface area contributed by atoms with Crippen molar-refractivity contribution in [3.8, 4) is 0 Å². The summed E-state index contributed by atoms with van der Waals surface area (Å²) in [5.74, 6) is 0.132. The van der Waals surface area contributed by atoms with Gasteiger partial charge in [-0.1, -0.05) is 12.8 Å². The van der Waals surface area contributed by atoms with Crippen LogP contribution in [0.15, 0.2) is 24.5 Å². The normalized spacial score (nSPS) is 24.3. The van der Waals surface area contributed by atoms with E-state index in [4.69, 9.17) is 0 Å². The van der Waals surface area contributed by atoms with Gasteiger partial charge in [0.1, 0.15) is 0 Å². The van der Waals surface area contributed by atoms with Gasteiger partial charge in [-0.05, 0) is 25.0 Å². The van der Waals surface area contributed by atoms with E-state index >= 15 is 0 Å². The largest absolute Gasteiger partial charge is 0.396 e. The minimum absolute atomic E-state index is 0.0715. The zero-order valence-corrected chi connectivity index (χ0v) is 9.80. The summed E-state index contributed by atoms with van der Waals surface area (Å²) in [6, 6.07) is 3.51. The molecular weight excluding hydrogens is 216 g/mol. The molecule has 0 aliphatic heterocycles. The molecule has 0 spiro atoms. The number of aliphatic hydroxyl groups is 1. The van der Waals surface area contributed by atoms with Crippen molar-refractivity contribution in [3.63, 3.8) is 0 Å². The Bertz CT molecular complexity index is 367. The van der Waals surface area contributed by atoms with E-state index in [1.807, 2.05) is 0 Å². The quantitative estimate of drug-likeness (QED) is 0.830. The molecule has 1 aliphatic carbocycles. The molecule has 1 amide bonds. The Labute approximate surface area is 101 Å². The average Bonchev–Trinajstić information content (AvgIpc) is 2.40. The zero-order chi connectivity index (χ0) is 12.1. The van der Waals surface area contributed by atoms with Gasteiger partial charge in [0.15, 0.2) is 0 Å². The monoisotopic (exact) mass is 234 g/mol.